The van der Waals surface area contributed by atoms with E-state index in [2.05, 4.69) is 35.2 Å². The van der Waals surface area contributed by atoms with Gasteiger partial charge >= 0.3 is 0 Å². The van der Waals surface area contributed by atoms with Crippen LogP contribution in [0, 0.1) is 0 Å². The zero-order valence-corrected chi connectivity index (χ0v) is 17.2. The summed E-state index contributed by atoms with van der Waals surface area (Å²) in [5.74, 6) is 2.54. The summed E-state index contributed by atoms with van der Waals surface area (Å²) in [6.45, 7) is 1.97. The highest BCUT2D eigenvalue weighted by Crippen LogP contribution is 2.52. The van der Waals surface area contributed by atoms with Crippen molar-refractivity contribution in [2.75, 3.05) is 34.4 Å². The molecule has 3 aliphatic rings. The van der Waals surface area contributed by atoms with Crippen molar-refractivity contribution in [3.8, 4) is 17.2 Å². The lowest BCUT2D eigenvalue weighted by atomic mass is 9.90. The van der Waals surface area contributed by atoms with E-state index in [-0.39, 0.29) is 6.04 Å². The van der Waals surface area contributed by atoms with Crippen molar-refractivity contribution < 1.29 is 14.2 Å². The first kappa shape index (κ1) is 18.3. The van der Waals surface area contributed by atoms with Crippen LogP contribution in [0.1, 0.15) is 36.4 Å². The molecule has 0 radical (unpaired) electrons. The van der Waals surface area contributed by atoms with Crippen LogP contribution in [0.25, 0.3) is 0 Å². The third-order valence-electron chi connectivity index (χ3n) is 6.40. The minimum atomic E-state index is -0.424. The lowest BCUT2D eigenvalue weighted by Gasteiger charge is -2.50. The molecule has 0 N–H and O–H groups in total. The molecule has 0 unspecified atom stereocenters. The average Bonchev–Trinajstić information content (AvgIpc) is 3.22. The molecule has 0 bridgehead atoms. The van der Waals surface area contributed by atoms with Crippen LogP contribution in [0.5, 0.6) is 17.2 Å². The van der Waals surface area contributed by atoms with E-state index < -0.39 is 5.72 Å². The maximum atomic E-state index is 6.71. The Morgan fingerprint density at radius 3 is 2.48 bits per heavy atom. The van der Waals surface area contributed by atoms with Crippen molar-refractivity contribution in [3.05, 3.63) is 53.6 Å². The second kappa shape index (κ2) is 6.95. The van der Waals surface area contributed by atoms with Gasteiger partial charge in [0, 0.05) is 37.9 Å². The fraction of sp³-hybridized carbons (Fsp3) is 0.435. The zero-order chi connectivity index (χ0) is 20.0. The number of hydrazone groups is 1. The Balaban J connectivity index is 1.57. The molecule has 29 heavy (non-hydrogen) atoms. The Morgan fingerprint density at radius 1 is 1.03 bits per heavy atom. The predicted octanol–water partition coefficient (Wildman–Crippen LogP) is 3.67. The van der Waals surface area contributed by atoms with E-state index in [0.29, 0.717) is 0 Å². The topological polar surface area (TPSA) is 46.5 Å². The van der Waals surface area contributed by atoms with E-state index in [1.807, 2.05) is 24.3 Å². The monoisotopic (exact) mass is 393 g/mol. The van der Waals surface area contributed by atoms with Crippen molar-refractivity contribution in [1.29, 1.82) is 0 Å². The fourth-order valence-electron chi connectivity index (χ4n) is 4.69. The summed E-state index contributed by atoms with van der Waals surface area (Å²) in [7, 11) is 5.56. The SMILES string of the molecule is COc1ccc(C2=NN3[C@@H](C2)c2cccc(OC)c2OC32CCN(C)CC2)cc1. The number of hydrogen-bond donors (Lipinski definition) is 0. The van der Waals surface area contributed by atoms with Crippen LogP contribution in [-0.4, -0.2) is 55.7 Å². The molecular weight excluding hydrogens is 366 g/mol. The number of benzene rings is 2. The Morgan fingerprint density at radius 2 is 1.79 bits per heavy atom. The zero-order valence-electron chi connectivity index (χ0n) is 17.2. The van der Waals surface area contributed by atoms with Gasteiger partial charge in [-0.25, -0.2) is 5.01 Å². The Kier molecular flexibility index (Phi) is 4.39. The molecule has 0 amide bonds. The molecule has 0 saturated carbocycles. The number of methoxy groups -OCH3 is 2. The molecule has 152 valence electrons. The largest absolute Gasteiger partial charge is 0.497 e. The molecule has 0 aromatic heterocycles. The summed E-state index contributed by atoms with van der Waals surface area (Å²) in [6, 6.07) is 14.5. The fourth-order valence-corrected chi connectivity index (χ4v) is 4.69. The number of piperidine rings is 1. The van der Waals surface area contributed by atoms with Crippen LogP contribution in [0.3, 0.4) is 0 Å². The number of fused-ring (bicyclic) bond motifs is 4. The summed E-state index contributed by atoms with van der Waals surface area (Å²) < 4.78 is 17.7. The maximum absolute atomic E-state index is 6.71. The molecule has 2 aromatic carbocycles. The minimum absolute atomic E-state index is 0.161. The van der Waals surface area contributed by atoms with E-state index in [9.17, 15) is 0 Å². The summed E-state index contributed by atoms with van der Waals surface area (Å²) in [6.07, 6.45) is 2.68. The first-order chi connectivity index (χ1) is 14.1. The molecule has 6 heteroatoms. The molecule has 0 aliphatic carbocycles. The highest BCUT2D eigenvalue weighted by atomic mass is 16.5. The van der Waals surface area contributed by atoms with E-state index in [1.165, 1.54) is 0 Å². The second-order valence-corrected chi connectivity index (χ2v) is 8.07. The van der Waals surface area contributed by atoms with Gasteiger partial charge in [0.25, 0.3) is 0 Å². The minimum Gasteiger partial charge on any atom is -0.497 e. The summed E-state index contributed by atoms with van der Waals surface area (Å²) >= 11 is 0. The lowest BCUT2D eigenvalue weighted by Crippen LogP contribution is -2.58. The van der Waals surface area contributed by atoms with Gasteiger partial charge in [-0.3, -0.25) is 0 Å². The van der Waals surface area contributed by atoms with Gasteiger partial charge in [0.15, 0.2) is 11.5 Å². The number of nitrogens with zero attached hydrogens (tertiary/aromatic N) is 3. The standard InChI is InChI=1S/C23H27N3O3/c1-25-13-11-23(12-14-25)26-20(18-5-4-6-21(28-3)22(18)29-23)15-19(24-26)16-7-9-17(27-2)10-8-16/h4-10,20H,11-15H2,1-3H3/t20-/m0/s1. The Hall–Kier alpha value is -2.73. The number of likely N-dealkylation sites (tertiary alicyclic amines) is 1. The molecular formula is C23H27N3O3. The smallest absolute Gasteiger partial charge is 0.200 e. The highest BCUT2D eigenvalue weighted by molar-refractivity contribution is 6.02. The van der Waals surface area contributed by atoms with Crippen LogP contribution < -0.4 is 14.2 Å². The first-order valence-electron chi connectivity index (χ1n) is 10.2. The van der Waals surface area contributed by atoms with Gasteiger partial charge in [-0.05, 0) is 42.9 Å². The summed E-state index contributed by atoms with van der Waals surface area (Å²) in [5.41, 5.74) is 2.96. The number of rotatable bonds is 3. The molecule has 6 nitrogen and oxygen atoms in total. The van der Waals surface area contributed by atoms with Crippen LogP contribution in [0.2, 0.25) is 0 Å². The number of ether oxygens (including phenoxy) is 3. The quantitative estimate of drug-likeness (QED) is 0.796. The molecule has 2 aromatic rings. The number of hydrogen-bond acceptors (Lipinski definition) is 6. The predicted molar refractivity (Wildman–Crippen MR) is 112 cm³/mol. The van der Waals surface area contributed by atoms with E-state index >= 15 is 0 Å². The molecule has 1 saturated heterocycles. The Labute approximate surface area is 171 Å². The van der Waals surface area contributed by atoms with E-state index in [4.69, 9.17) is 19.3 Å². The Bertz CT molecular complexity index is 933. The van der Waals surface area contributed by atoms with Crippen molar-refractivity contribution in [3.63, 3.8) is 0 Å². The van der Waals surface area contributed by atoms with Gasteiger partial charge in [-0.1, -0.05) is 12.1 Å². The van der Waals surface area contributed by atoms with Gasteiger partial charge < -0.3 is 19.1 Å². The average molecular weight is 393 g/mol. The van der Waals surface area contributed by atoms with E-state index in [1.54, 1.807) is 14.2 Å². The summed E-state index contributed by atoms with van der Waals surface area (Å²) in [4.78, 5) is 2.35. The highest BCUT2D eigenvalue weighted by Gasteiger charge is 2.52. The van der Waals surface area contributed by atoms with Crippen molar-refractivity contribution in [2.45, 2.75) is 31.0 Å². The van der Waals surface area contributed by atoms with Crippen molar-refractivity contribution in [2.24, 2.45) is 5.10 Å². The molecule has 3 aliphatic heterocycles. The van der Waals surface area contributed by atoms with Crippen molar-refractivity contribution in [1.82, 2.24) is 9.91 Å². The third-order valence-corrected chi connectivity index (χ3v) is 6.40. The van der Waals surface area contributed by atoms with E-state index in [0.717, 1.165) is 66.4 Å². The number of para-hydroxylation sites is 1. The molecule has 1 fully saturated rings. The van der Waals surface area contributed by atoms with Gasteiger partial charge in [0.1, 0.15) is 5.75 Å². The third kappa shape index (κ3) is 2.94. The molecule has 1 atom stereocenters. The van der Waals surface area contributed by atoms with Crippen LogP contribution in [0.15, 0.2) is 47.6 Å². The maximum Gasteiger partial charge on any atom is 0.200 e. The van der Waals surface area contributed by atoms with Crippen LogP contribution in [0.4, 0.5) is 0 Å². The van der Waals surface area contributed by atoms with Gasteiger partial charge in [0.05, 0.1) is 26.0 Å². The van der Waals surface area contributed by atoms with Gasteiger partial charge in [0.2, 0.25) is 5.72 Å². The normalized spacial score (nSPS) is 22.5. The molecule has 3 heterocycles. The first-order valence-corrected chi connectivity index (χ1v) is 10.2. The van der Waals surface area contributed by atoms with Gasteiger partial charge in [-0.2, -0.15) is 5.10 Å². The van der Waals surface area contributed by atoms with Crippen molar-refractivity contribution >= 4 is 5.71 Å². The molecule has 5 rings (SSSR count). The second-order valence-electron chi connectivity index (χ2n) is 8.07. The molecule has 1 spiro atoms. The van der Waals surface area contributed by atoms with Crippen LogP contribution in [-0.2, 0) is 0 Å². The van der Waals surface area contributed by atoms with Gasteiger partial charge in [-0.15, -0.1) is 0 Å². The van der Waals surface area contributed by atoms with Crippen LogP contribution >= 0.6 is 0 Å². The summed E-state index contributed by atoms with van der Waals surface area (Å²) in [5, 5.41) is 7.35. The lowest BCUT2D eigenvalue weighted by molar-refractivity contribution is -0.148.